The first-order valence-corrected chi connectivity index (χ1v) is 9.01. The van der Waals surface area contributed by atoms with Crippen molar-refractivity contribution in [1.82, 2.24) is 4.90 Å². The molecule has 0 saturated carbocycles. The molecule has 0 atom stereocenters. The Labute approximate surface area is 160 Å². The topological polar surface area (TPSA) is 57.6 Å². The van der Waals surface area contributed by atoms with Gasteiger partial charge in [-0.2, -0.15) is 0 Å². The molecule has 1 aliphatic rings. The lowest BCUT2D eigenvalue weighted by molar-refractivity contribution is -0.123. The highest BCUT2D eigenvalue weighted by Crippen LogP contribution is 2.35. The Kier molecular flexibility index (Phi) is 5.17. The second-order valence-electron chi connectivity index (χ2n) is 5.21. The zero-order valence-corrected chi connectivity index (χ0v) is 15.7. The molecule has 0 spiro atoms. The van der Waals surface area contributed by atoms with Crippen LogP contribution in [-0.4, -0.2) is 21.2 Å². The van der Waals surface area contributed by atoms with Crippen LogP contribution in [0.2, 0.25) is 5.02 Å². The van der Waals surface area contributed by atoms with E-state index in [0.29, 0.717) is 15.6 Å². The first-order valence-electron chi connectivity index (χ1n) is 7.03. The van der Waals surface area contributed by atoms with Gasteiger partial charge in [0.1, 0.15) is 11.6 Å². The van der Waals surface area contributed by atoms with Gasteiger partial charge in [0.15, 0.2) is 0 Å². The van der Waals surface area contributed by atoms with Crippen LogP contribution in [0.25, 0.3) is 6.08 Å². The van der Waals surface area contributed by atoms with Crippen LogP contribution in [0, 0.1) is 5.82 Å². The monoisotopic (exact) mass is 441 g/mol. The van der Waals surface area contributed by atoms with Crippen molar-refractivity contribution in [2.75, 3.05) is 0 Å². The smallest absolute Gasteiger partial charge is 0.293 e. The number of benzene rings is 2. The van der Waals surface area contributed by atoms with E-state index in [1.165, 1.54) is 18.2 Å². The average Bonchev–Trinajstić information content (AvgIpc) is 2.81. The van der Waals surface area contributed by atoms with Crippen molar-refractivity contribution in [1.29, 1.82) is 0 Å². The molecule has 1 saturated heterocycles. The number of imide groups is 1. The third kappa shape index (κ3) is 3.89. The summed E-state index contributed by atoms with van der Waals surface area (Å²) in [5.74, 6) is -0.850. The van der Waals surface area contributed by atoms with Gasteiger partial charge in [-0.05, 0) is 69.2 Å². The molecule has 0 aromatic heterocycles. The van der Waals surface area contributed by atoms with Crippen molar-refractivity contribution in [3.8, 4) is 5.75 Å². The maximum absolute atomic E-state index is 13.1. The molecule has 2 amide bonds. The maximum Gasteiger partial charge on any atom is 0.293 e. The van der Waals surface area contributed by atoms with Crippen molar-refractivity contribution in [3.05, 3.63) is 67.7 Å². The highest BCUT2D eigenvalue weighted by molar-refractivity contribution is 9.10. The van der Waals surface area contributed by atoms with E-state index in [9.17, 15) is 19.1 Å². The van der Waals surface area contributed by atoms with E-state index in [1.807, 2.05) is 0 Å². The number of amides is 2. The van der Waals surface area contributed by atoms with Gasteiger partial charge in [-0.1, -0.05) is 23.7 Å². The zero-order valence-electron chi connectivity index (χ0n) is 12.5. The lowest BCUT2D eigenvalue weighted by Crippen LogP contribution is -2.27. The minimum atomic E-state index is -0.485. The predicted molar refractivity (Wildman–Crippen MR) is 98.7 cm³/mol. The highest BCUT2D eigenvalue weighted by Gasteiger charge is 2.35. The van der Waals surface area contributed by atoms with Crippen molar-refractivity contribution >= 4 is 56.5 Å². The SMILES string of the molecule is O=C1S/C(=C/c2ccc(O)c(Br)c2)C(=O)N1Cc1ccc(F)cc1Cl. The number of hydrogen-bond acceptors (Lipinski definition) is 4. The number of phenols is 1. The number of carbonyl (C=O) groups excluding carboxylic acids is 2. The molecule has 1 heterocycles. The Morgan fingerprint density at radius 3 is 2.68 bits per heavy atom. The summed E-state index contributed by atoms with van der Waals surface area (Å²) >= 11 is 9.98. The lowest BCUT2D eigenvalue weighted by Gasteiger charge is -2.13. The Bertz CT molecular complexity index is 919. The zero-order chi connectivity index (χ0) is 18.1. The number of halogens is 3. The number of aromatic hydroxyl groups is 1. The summed E-state index contributed by atoms with van der Waals surface area (Å²) in [4.78, 5) is 26.0. The minimum Gasteiger partial charge on any atom is -0.507 e. The summed E-state index contributed by atoms with van der Waals surface area (Å²) in [6, 6.07) is 8.56. The molecule has 0 bridgehead atoms. The molecule has 2 aromatic carbocycles. The van der Waals surface area contributed by atoms with Gasteiger partial charge in [-0.3, -0.25) is 14.5 Å². The lowest BCUT2D eigenvalue weighted by atomic mass is 10.2. The normalized spacial score (nSPS) is 16.1. The molecule has 128 valence electrons. The van der Waals surface area contributed by atoms with Crippen LogP contribution in [-0.2, 0) is 11.3 Å². The van der Waals surface area contributed by atoms with Gasteiger partial charge < -0.3 is 5.11 Å². The van der Waals surface area contributed by atoms with Gasteiger partial charge in [0, 0.05) is 5.02 Å². The third-order valence-electron chi connectivity index (χ3n) is 3.49. The fraction of sp³-hybridized carbons (Fsp3) is 0.0588. The van der Waals surface area contributed by atoms with Gasteiger partial charge in [0.2, 0.25) is 0 Å². The largest absolute Gasteiger partial charge is 0.507 e. The minimum absolute atomic E-state index is 0.0274. The summed E-state index contributed by atoms with van der Waals surface area (Å²) in [7, 11) is 0. The van der Waals surface area contributed by atoms with Crippen LogP contribution in [0.3, 0.4) is 0 Å². The van der Waals surface area contributed by atoms with Crippen molar-refractivity contribution in [3.63, 3.8) is 0 Å². The Balaban J connectivity index is 1.84. The quantitative estimate of drug-likeness (QED) is 0.665. The molecule has 2 aromatic rings. The van der Waals surface area contributed by atoms with Gasteiger partial charge in [0.25, 0.3) is 11.1 Å². The van der Waals surface area contributed by atoms with Gasteiger partial charge in [0.05, 0.1) is 15.9 Å². The Morgan fingerprint density at radius 2 is 2.00 bits per heavy atom. The van der Waals surface area contributed by atoms with E-state index in [2.05, 4.69) is 15.9 Å². The second kappa shape index (κ2) is 7.19. The number of carbonyl (C=O) groups is 2. The van der Waals surface area contributed by atoms with Crippen molar-refractivity contribution < 1.29 is 19.1 Å². The number of rotatable bonds is 3. The van der Waals surface area contributed by atoms with E-state index in [-0.39, 0.29) is 22.2 Å². The van der Waals surface area contributed by atoms with E-state index in [0.717, 1.165) is 22.7 Å². The van der Waals surface area contributed by atoms with Crippen LogP contribution in [0.5, 0.6) is 5.75 Å². The summed E-state index contributed by atoms with van der Waals surface area (Å²) in [5.41, 5.74) is 1.15. The summed E-state index contributed by atoms with van der Waals surface area (Å²) in [6.07, 6.45) is 1.57. The molecular weight excluding hydrogens is 433 g/mol. The first kappa shape index (κ1) is 18.0. The van der Waals surface area contributed by atoms with Crippen LogP contribution >= 0.6 is 39.3 Å². The standard InChI is InChI=1S/C17H10BrClFNO3S/c18-12-5-9(1-4-14(12)22)6-15-16(23)21(17(24)25-15)8-10-2-3-11(20)7-13(10)19/h1-7,22H,8H2/b15-6+. The fourth-order valence-electron chi connectivity index (χ4n) is 2.22. The van der Waals surface area contributed by atoms with E-state index >= 15 is 0 Å². The summed E-state index contributed by atoms with van der Waals surface area (Å²) < 4.78 is 13.6. The molecule has 4 nitrogen and oxygen atoms in total. The van der Waals surface area contributed by atoms with E-state index < -0.39 is 17.0 Å². The number of thioether (sulfide) groups is 1. The van der Waals surface area contributed by atoms with Crippen LogP contribution in [0.4, 0.5) is 9.18 Å². The molecule has 25 heavy (non-hydrogen) atoms. The van der Waals surface area contributed by atoms with Gasteiger partial charge in [-0.15, -0.1) is 0 Å². The fourth-order valence-corrected chi connectivity index (χ4v) is 3.68. The third-order valence-corrected chi connectivity index (χ3v) is 5.38. The molecule has 0 unspecified atom stereocenters. The van der Waals surface area contributed by atoms with E-state index in [1.54, 1.807) is 18.2 Å². The van der Waals surface area contributed by atoms with Crippen LogP contribution in [0.15, 0.2) is 45.8 Å². The molecule has 0 radical (unpaired) electrons. The molecule has 3 rings (SSSR count). The molecular formula is C17H10BrClFNO3S. The highest BCUT2D eigenvalue weighted by atomic mass is 79.9. The van der Waals surface area contributed by atoms with Gasteiger partial charge in [-0.25, -0.2) is 4.39 Å². The average molecular weight is 443 g/mol. The van der Waals surface area contributed by atoms with Crippen LogP contribution < -0.4 is 0 Å². The predicted octanol–water partition coefficient (Wildman–Crippen LogP) is 5.18. The molecule has 8 heteroatoms. The van der Waals surface area contributed by atoms with Crippen LogP contribution in [0.1, 0.15) is 11.1 Å². The summed E-state index contributed by atoms with van der Waals surface area (Å²) in [5, 5.41) is 9.25. The van der Waals surface area contributed by atoms with E-state index in [4.69, 9.17) is 11.6 Å². The number of nitrogens with zero attached hydrogens (tertiary/aromatic N) is 1. The number of hydrogen-bond donors (Lipinski definition) is 1. The Hall–Kier alpha value is -1.83. The molecule has 1 aliphatic heterocycles. The maximum atomic E-state index is 13.1. The van der Waals surface area contributed by atoms with Crippen molar-refractivity contribution in [2.45, 2.75) is 6.54 Å². The molecule has 0 aliphatic carbocycles. The molecule has 1 fully saturated rings. The number of phenolic OH excluding ortho intramolecular Hbond substituents is 1. The summed E-state index contributed by atoms with van der Waals surface area (Å²) in [6.45, 7) is -0.0274. The van der Waals surface area contributed by atoms with Crippen molar-refractivity contribution in [2.24, 2.45) is 0 Å². The second-order valence-corrected chi connectivity index (χ2v) is 7.47. The Morgan fingerprint density at radius 1 is 1.24 bits per heavy atom. The molecule has 1 N–H and O–H groups in total. The van der Waals surface area contributed by atoms with Gasteiger partial charge >= 0.3 is 0 Å². The first-order chi connectivity index (χ1) is 11.8.